The number of hydrazone groups is 1. The highest BCUT2D eigenvalue weighted by molar-refractivity contribution is 6.03. The molecule has 0 bridgehead atoms. The molecule has 0 saturated heterocycles. The van der Waals surface area contributed by atoms with Crippen LogP contribution in [0.5, 0.6) is 5.75 Å². The summed E-state index contributed by atoms with van der Waals surface area (Å²) >= 11 is 0. The lowest BCUT2D eigenvalue weighted by molar-refractivity contribution is -0.135. The molecule has 4 aromatic rings. The zero-order valence-corrected chi connectivity index (χ0v) is 20.7. The van der Waals surface area contributed by atoms with Crippen molar-refractivity contribution >= 4 is 23.2 Å². The molecule has 37 heavy (non-hydrogen) atoms. The summed E-state index contributed by atoms with van der Waals surface area (Å²) in [5, 5.41) is 9.12. The van der Waals surface area contributed by atoms with Crippen molar-refractivity contribution in [1.82, 2.24) is 19.7 Å². The van der Waals surface area contributed by atoms with Crippen LogP contribution < -0.4 is 10.1 Å². The first-order valence-corrected chi connectivity index (χ1v) is 12.4. The largest absolute Gasteiger partial charge is 0.497 e. The second kappa shape index (κ2) is 11.1. The molecule has 8 heteroatoms. The number of nitrogens with one attached hydrogen (secondary N) is 1. The first kappa shape index (κ1) is 24.2. The summed E-state index contributed by atoms with van der Waals surface area (Å²) in [5.41, 5.74) is 4.60. The zero-order valence-electron chi connectivity index (χ0n) is 20.7. The number of methoxy groups -OCH3 is 1. The van der Waals surface area contributed by atoms with E-state index in [2.05, 4.69) is 15.4 Å². The van der Waals surface area contributed by atoms with Gasteiger partial charge >= 0.3 is 0 Å². The van der Waals surface area contributed by atoms with E-state index in [-0.39, 0.29) is 30.7 Å². The molecular formula is C29H29N5O3. The lowest BCUT2D eigenvalue weighted by Crippen LogP contribution is -2.30. The van der Waals surface area contributed by atoms with Crippen LogP contribution in [0.3, 0.4) is 0 Å². The summed E-state index contributed by atoms with van der Waals surface area (Å²) in [6.45, 7) is 0.464. The summed E-state index contributed by atoms with van der Waals surface area (Å²) in [6, 6.07) is 23.1. The fourth-order valence-corrected chi connectivity index (χ4v) is 4.49. The topological polar surface area (TPSA) is 88.3 Å². The Morgan fingerprint density at radius 2 is 1.78 bits per heavy atom. The van der Waals surface area contributed by atoms with Gasteiger partial charge in [-0.25, -0.2) is 9.99 Å². The molecule has 1 aliphatic heterocycles. The van der Waals surface area contributed by atoms with Crippen LogP contribution in [0.1, 0.15) is 42.1 Å². The van der Waals surface area contributed by atoms with Gasteiger partial charge < -0.3 is 14.5 Å². The van der Waals surface area contributed by atoms with E-state index in [1.54, 1.807) is 7.11 Å². The van der Waals surface area contributed by atoms with Gasteiger partial charge in [0.25, 0.3) is 0 Å². The predicted octanol–water partition coefficient (Wildman–Crippen LogP) is 4.16. The van der Waals surface area contributed by atoms with Gasteiger partial charge in [-0.1, -0.05) is 48.5 Å². The number of rotatable bonds is 9. The maximum absolute atomic E-state index is 13.2. The highest BCUT2D eigenvalue weighted by atomic mass is 16.5. The number of ether oxygens (including phenoxy) is 1. The van der Waals surface area contributed by atoms with Crippen molar-refractivity contribution in [3.05, 3.63) is 102 Å². The minimum absolute atomic E-state index is 0.0818. The Morgan fingerprint density at radius 1 is 1.00 bits per heavy atom. The molecule has 0 unspecified atom stereocenters. The Labute approximate surface area is 215 Å². The first-order chi connectivity index (χ1) is 18.1. The average molecular weight is 496 g/mol. The van der Waals surface area contributed by atoms with E-state index < -0.39 is 0 Å². The quantitative estimate of drug-likeness (QED) is 0.378. The third-order valence-electron chi connectivity index (χ3n) is 6.46. The van der Waals surface area contributed by atoms with Crippen LogP contribution in [0.2, 0.25) is 0 Å². The van der Waals surface area contributed by atoms with Crippen molar-refractivity contribution in [3.63, 3.8) is 0 Å². The van der Waals surface area contributed by atoms with Gasteiger partial charge in [0.2, 0.25) is 11.8 Å². The molecule has 1 atom stereocenters. The molecule has 188 valence electrons. The van der Waals surface area contributed by atoms with Gasteiger partial charge in [0.05, 0.1) is 24.6 Å². The standard InChI is InChI=1S/C29H29N5O3/c1-37-24-12-10-22(11-13-24)26-19-25(21-7-3-2-4-8-21)32-34(26)29(36)15-14-28(35)30-17-16-23-20-33-18-6-5-9-27(33)31-23/h2-13,18,20,26H,14-17,19H2,1H3,(H,30,35)/t26-/m0/s1. The molecule has 8 nitrogen and oxygen atoms in total. The van der Waals surface area contributed by atoms with Crippen LogP contribution in [-0.4, -0.2) is 45.6 Å². The number of aromatic nitrogens is 2. The van der Waals surface area contributed by atoms with Gasteiger partial charge in [-0.05, 0) is 35.4 Å². The molecule has 1 aliphatic rings. The number of hydrogen-bond donors (Lipinski definition) is 1. The number of pyridine rings is 1. The van der Waals surface area contributed by atoms with Crippen molar-refractivity contribution in [2.75, 3.05) is 13.7 Å². The Hall–Kier alpha value is -4.46. The fourth-order valence-electron chi connectivity index (χ4n) is 4.49. The van der Waals surface area contributed by atoms with Gasteiger partial charge in [-0.2, -0.15) is 5.10 Å². The fraction of sp³-hybridized carbons (Fsp3) is 0.241. The smallest absolute Gasteiger partial charge is 0.243 e. The predicted molar refractivity (Wildman–Crippen MR) is 141 cm³/mol. The maximum atomic E-state index is 13.2. The molecule has 0 spiro atoms. The molecule has 3 heterocycles. The van der Waals surface area contributed by atoms with Crippen LogP contribution in [-0.2, 0) is 16.0 Å². The van der Waals surface area contributed by atoms with Crippen LogP contribution in [0.25, 0.3) is 5.65 Å². The number of imidazole rings is 1. The normalized spacial score (nSPS) is 15.0. The Kier molecular flexibility index (Phi) is 7.26. The molecule has 0 aliphatic carbocycles. The van der Waals surface area contributed by atoms with Crippen LogP contribution in [0.4, 0.5) is 0 Å². The number of fused-ring (bicyclic) bond motifs is 1. The monoisotopic (exact) mass is 495 g/mol. The Morgan fingerprint density at radius 3 is 2.54 bits per heavy atom. The van der Waals surface area contributed by atoms with Crippen molar-refractivity contribution in [2.45, 2.75) is 31.7 Å². The number of benzene rings is 2. The molecule has 1 N–H and O–H groups in total. The van der Waals surface area contributed by atoms with E-state index in [0.29, 0.717) is 19.4 Å². The number of hydrogen-bond acceptors (Lipinski definition) is 5. The minimum atomic E-state index is -0.230. The third kappa shape index (κ3) is 5.69. The summed E-state index contributed by atoms with van der Waals surface area (Å²) in [5.74, 6) is 0.413. The van der Waals surface area contributed by atoms with Gasteiger partial charge in [-0.15, -0.1) is 0 Å². The molecule has 2 amide bonds. The highest BCUT2D eigenvalue weighted by Gasteiger charge is 2.33. The third-order valence-corrected chi connectivity index (χ3v) is 6.46. The van der Waals surface area contributed by atoms with E-state index in [4.69, 9.17) is 4.74 Å². The molecule has 5 rings (SSSR count). The molecule has 0 radical (unpaired) electrons. The Bertz CT molecular complexity index is 1380. The zero-order chi connectivity index (χ0) is 25.6. The van der Waals surface area contributed by atoms with E-state index in [0.717, 1.165) is 33.9 Å². The molecule has 0 saturated carbocycles. The SMILES string of the molecule is COc1ccc([C@@H]2CC(c3ccccc3)=NN2C(=O)CCC(=O)NCCc2cn3ccccc3n2)cc1. The summed E-state index contributed by atoms with van der Waals surface area (Å²) in [4.78, 5) is 30.2. The molecule has 0 fully saturated rings. The summed E-state index contributed by atoms with van der Waals surface area (Å²) in [6.07, 6.45) is 5.31. The van der Waals surface area contributed by atoms with E-state index in [9.17, 15) is 9.59 Å². The van der Waals surface area contributed by atoms with Gasteiger partial charge in [-0.3, -0.25) is 9.59 Å². The van der Waals surface area contributed by atoms with Crippen LogP contribution in [0.15, 0.2) is 90.3 Å². The Balaban J connectivity index is 1.20. The summed E-state index contributed by atoms with van der Waals surface area (Å²) < 4.78 is 7.23. The number of carbonyl (C=O) groups is 2. The van der Waals surface area contributed by atoms with E-state index in [1.807, 2.05) is 89.6 Å². The lowest BCUT2D eigenvalue weighted by atomic mass is 9.98. The van der Waals surface area contributed by atoms with Gasteiger partial charge in [0.15, 0.2) is 0 Å². The van der Waals surface area contributed by atoms with Gasteiger partial charge in [0.1, 0.15) is 11.4 Å². The first-order valence-electron chi connectivity index (χ1n) is 12.4. The second-order valence-corrected chi connectivity index (χ2v) is 8.94. The van der Waals surface area contributed by atoms with E-state index >= 15 is 0 Å². The molecular weight excluding hydrogens is 466 g/mol. The van der Waals surface area contributed by atoms with Crippen molar-refractivity contribution < 1.29 is 14.3 Å². The van der Waals surface area contributed by atoms with Crippen molar-refractivity contribution in [2.24, 2.45) is 5.10 Å². The maximum Gasteiger partial charge on any atom is 0.243 e. The average Bonchev–Trinajstić information content (AvgIpc) is 3.57. The minimum Gasteiger partial charge on any atom is -0.497 e. The number of nitrogens with zero attached hydrogens (tertiary/aromatic N) is 4. The number of carbonyl (C=O) groups excluding carboxylic acids is 2. The number of amides is 2. The molecule has 2 aromatic heterocycles. The van der Waals surface area contributed by atoms with Crippen LogP contribution >= 0.6 is 0 Å². The van der Waals surface area contributed by atoms with Crippen molar-refractivity contribution in [3.8, 4) is 5.75 Å². The van der Waals surface area contributed by atoms with Crippen molar-refractivity contribution in [1.29, 1.82) is 0 Å². The second-order valence-electron chi connectivity index (χ2n) is 8.94. The molecule has 2 aromatic carbocycles. The van der Waals surface area contributed by atoms with E-state index in [1.165, 1.54) is 5.01 Å². The van der Waals surface area contributed by atoms with Crippen LogP contribution in [0, 0.1) is 0 Å². The van der Waals surface area contributed by atoms with Gasteiger partial charge in [0, 0.05) is 44.6 Å². The lowest BCUT2D eigenvalue weighted by Gasteiger charge is -2.22. The highest BCUT2D eigenvalue weighted by Crippen LogP contribution is 2.34. The summed E-state index contributed by atoms with van der Waals surface area (Å²) in [7, 11) is 1.62.